The number of amides is 2. The Kier molecular flexibility index (Phi) is 7.57. The van der Waals surface area contributed by atoms with Gasteiger partial charge in [0.05, 0.1) is 21.7 Å². The van der Waals surface area contributed by atoms with Crippen LogP contribution in [0.3, 0.4) is 0 Å². The Morgan fingerprint density at radius 1 is 1.00 bits per heavy atom. The van der Waals surface area contributed by atoms with E-state index in [0.29, 0.717) is 10.8 Å². The van der Waals surface area contributed by atoms with E-state index in [9.17, 15) is 9.59 Å². The maximum atomic E-state index is 12.3. The van der Waals surface area contributed by atoms with Crippen LogP contribution in [0.2, 0.25) is 0 Å². The van der Waals surface area contributed by atoms with Gasteiger partial charge in [-0.3, -0.25) is 9.59 Å². The van der Waals surface area contributed by atoms with E-state index >= 15 is 0 Å². The number of anilines is 2. The predicted octanol–water partition coefficient (Wildman–Crippen LogP) is 3.84. The number of aryl methyl sites for hydroxylation is 2. The van der Waals surface area contributed by atoms with E-state index in [0.717, 1.165) is 26.7 Å². The van der Waals surface area contributed by atoms with Crippen LogP contribution in [0.1, 0.15) is 12.5 Å². The third kappa shape index (κ3) is 6.30. The van der Waals surface area contributed by atoms with Crippen molar-refractivity contribution in [3.63, 3.8) is 0 Å². The molecule has 9 nitrogen and oxygen atoms in total. The van der Waals surface area contributed by atoms with Crippen LogP contribution in [-0.2, 0) is 23.1 Å². The molecule has 12 heteroatoms. The molecule has 2 N–H and O–H groups in total. The summed E-state index contributed by atoms with van der Waals surface area (Å²) in [6, 6.07) is 13.4. The fourth-order valence-corrected chi connectivity index (χ4v) is 5.42. The monoisotopic (exact) mass is 499 g/mol. The number of carbonyl (C=O) groups excluding carboxylic acids is 2. The SMILES string of the molecule is CCc1ccc(NC(=O)CSc2nc3ccc(NC(=O)CSc4nnnn4C)cc3s2)cc1. The van der Waals surface area contributed by atoms with Crippen molar-refractivity contribution in [1.29, 1.82) is 0 Å². The third-order valence-electron chi connectivity index (χ3n) is 4.54. The second-order valence-corrected chi connectivity index (χ2v) is 10.2. The number of nitrogens with zero attached hydrogens (tertiary/aromatic N) is 5. The topological polar surface area (TPSA) is 115 Å². The average molecular weight is 500 g/mol. The van der Waals surface area contributed by atoms with E-state index in [2.05, 4.69) is 38.1 Å². The Balaban J connectivity index is 1.30. The second kappa shape index (κ2) is 10.8. The summed E-state index contributed by atoms with van der Waals surface area (Å²) in [6.45, 7) is 2.10. The van der Waals surface area contributed by atoms with E-state index in [4.69, 9.17) is 0 Å². The van der Waals surface area contributed by atoms with E-state index in [1.165, 1.54) is 45.1 Å². The van der Waals surface area contributed by atoms with Gasteiger partial charge >= 0.3 is 0 Å². The molecular formula is C21H21N7O2S3. The molecule has 33 heavy (non-hydrogen) atoms. The maximum absolute atomic E-state index is 12.3. The average Bonchev–Trinajstić information content (AvgIpc) is 3.41. The van der Waals surface area contributed by atoms with Gasteiger partial charge in [-0.15, -0.1) is 16.4 Å². The molecule has 2 aromatic carbocycles. The summed E-state index contributed by atoms with van der Waals surface area (Å²) in [5.41, 5.74) is 3.54. The Morgan fingerprint density at radius 2 is 1.70 bits per heavy atom. The smallest absolute Gasteiger partial charge is 0.234 e. The summed E-state index contributed by atoms with van der Waals surface area (Å²) in [5, 5.41) is 17.5. The Hall–Kier alpha value is -2.96. The van der Waals surface area contributed by atoms with Crippen molar-refractivity contribution < 1.29 is 9.59 Å². The van der Waals surface area contributed by atoms with Gasteiger partial charge in [0.15, 0.2) is 4.34 Å². The molecule has 2 aromatic heterocycles. The Morgan fingerprint density at radius 3 is 2.39 bits per heavy atom. The maximum Gasteiger partial charge on any atom is 0.234 e. The molecule has 4 aromatic rings. The molecule has 0 spiro atoms. The number of benzene rings is 2. The van der Waals surface area contributed by atoms with Gasteiger partial charge in [-0.05, 0) is 52.7 Å². The number of fused-ring (bicyclic) bond motifs is 1. The summed E-state index contributed by atoms with van der Waals surface area (Å²) in [4.78, 5) is 29.1. The fourth-order valence-electron chi connectivity index (χ4n) is 2.86. The molecule has 0 aliphatic heterocycles. The number of thiazole rings is 1. The van der Waals surface area contributed by atoms with E-state index in [1.807, 2.05) is 42.5 Å². The molecule has 0 bridgehead atoms. The lowest BCUT2D eigenvalue weighted by atomic mass is 10.1. The van der Waals surface area contributed by atoms with Gasteiger partial charge in [0.1, 0.15) is 0 Å². The first-order valence-corrected chi connectivity index (χ1v) is 12.9. The zero-order valence-electron chi connectivity index (χ0n) is 17.9. The van der Waals surface area contributed by atoms with Crippen LogP contribution >= 0.6 is 34.9 Å². The molecular weight excluding hydrogens is 478 g/mol. The largest absolute Gasteiger partial charge is 0.325 e. The highest BCUT2D eigenvalue weighted by atomic mass is 32.2. The van der Waals surface area contributed by atoms with Crippen LogP contribution in [0.15, 0.2) is 52.0 Å². The van der Waals surface area contributed by atoms with Crippen molar-refractivity contribution in [3.8, 4) is 0 Å². The van der Waals surface area contributed by atoms with Gasteiger partial charge in [0, 0.05) is 18.4 Å². The van der Waals surface area contributed by atoms with Crippen molar-refractivity contribution in [3.05, 3.63) is 48.0 Å². The third-order valence-corrected chi connectivity index (χ3v) is 7.71. The van der Waals surface area contributed by atoms with E-state index in [-0.39, 0.29) is 23.3 Å². The molecule has 0 unspecified atom stereocenters. The normalized spacial score (nSPS) is 11.0. The van der Waals surface area contributed by atoms with Crippen molar-refractivity contribution in [2.75, 3.05) is 22.1 Å². The highest BCUT2D eigenvalue weighted by Gasteiger charge is 2.11. The van der Waals surface area contributed by atoms with Crippen molar-refractivity contribution in [2.45, 2.75) is 22.8 Å². The minimum absolute atomic E-state index is 0.0768. The number of tetrazole rings is 1. The molecule has 2 heterocycles. The summed E-state index contributed by atoms with van der Waals surface area (Å²) in [5.74, 6) is 0.247. The lowest BCUT2D eigenvalue weighted by Crippen LogP contribution is -2.14. The van der Waals surface area contributed by atoms with Gasteiger partial charge in [-0.25, -0.2) is 9.67 Å². The number of carbonyl (C=O) groups is 2. The van der Waals surface area contributed by atoms with Gasteiger partial charge in [0.25, 0.3) is 0 Å². The van der Waals surface area contributed by atoms with Gasteiger partial charge in [0.2, 0.25) is 17.0 Å². The van der Waals surface area contributed by atoms with Crippen LogP contribution in [0.25, 0.3) is 10.2 Å². The molecule has 0 atom stereocenters. The number of hydrogen-bond acceptors (Lipinski definition) is 9. The molecule has 0 saturated heterocycles. The fraction of sp³-hybridized carbons (Fsp3) is 0.238. The minimum atomic E-state index is -0.148. The second-order valence-electron chi connectivity index (χ2n) is 6.97. The molecule has 0 aliphatic carbocycles. The van der Waals surface area contributed by atoms with Gasteiger partial charge < -0.3 is 10.6 Å². The molecule has 0 aliphatic rings. The van der Waals surface area contributed by atoms with Crippen molar-refractivity contribution >= 4 is 68.3 Å². The first-order chi connectivity index (χ1) is 16.0. The van der Waals surface area contributed by atoms with Crippen LogP contribution in [0.4, 0.5) is 11.4 Å². The molecule has 2 amide bonds. The van der Waals surface area contributed by atoms with Crippen LogP contribution in [0, 0.1) is 0 Å². The predicted molar refractivity (Wildman–Crippen MR) is 133 cm³/mol. The van der Waals surface area contributed by atoms with Crippen LogP contribution in [-0.4, -0.2) is 48.5 Å². The molecule has 0 radical (unpaired) electrons. The zero-order valence-corrected chi connectivity index (χ0v) is 20.4. The van der Waals surface area contributed by atoms with E-state index in [1.54, 1.807) is 7.05 Å². The highest BCUT2D eigenvalue weighted by Crippen LogP contribution is 2.31. The highest BCUT2D eigenvalue weighted by molar-refractivity contribution is 8.01. The van der Waals surface area contributed by atoms with Crippen LogP contribution in [0.5, 0.6) is 0 Å². The minimum Gasteiger partial charge on any atom is -0.325 e. The summed E-state index contributed by atoms with van der Waals surface area (Å²) >= 11 is 4.15. The Bertz CT molecular complexity index is 1270. The van der Waals surface area contributed by atoms with Crippen molar-refractivity contribution in [1.82, 2.24) is 25.2 Å². The van der Waals surface area contributed by atoms with Gasteiger partial charge in [-0.1, -0.05) is 42.6 Å². The molecule has 0 saturated carbocycles. The molecule has 0 fully saturated rings. The molecule has 170 valence electrons. The van der Waals surface area contributed by atoms with E-state index < -0.39 is 0 Å². The first-order valence-electron chi connectivity index (χ1n) is 10.1. The van der Waals surface area contributed by atoms with Gasteiger partial charge in [-0.2, -0.15) is 0 Å². The number of aromatic nitrogens is 5. The number of rotatable bonds is 9. The standard InChI is InChI=1S/C21H21N7O2S3/c1-3-13-4-6-14(7-5-13)22-19(30)12-32-21-24-16-9-8-15(10-17(16)33-21)23-18(29)11-31-20-25-26-27-28(20)2/h4-10H,3,11-12H2,1-2H3,(H,22,30)(H,23,29). The molecule has 4 rings (SSSR count). The first kappa shape index (κ1) is 23.2. The lowest BCUT2D eigenvalue weighted by molar-refractivity contribution is -0.114. The number of nitrogens with one attached hydrogen (secondary N) is 2. The van der Waals surface area contributed by atoms with Crippen LogP contribution < -0.4 is 10.6 Å². The quantitative estimate of drug-likeness (QED) is 0.334. The summed E-state index contributed by atoms with van der Waals surface area (Å²) in [6.07, 6.45) is 0.965. The lowest BCUT2D eigenvalue weighted by Gasteiger charge is -2.05. The summed E-state index contributed by atoms with van der Waals surface area (Å²) in [7, 11) is 1.72. The zero-order chi connectivity index (χ0) is 23.2. The van der Waals surface area contributed by atoms with Crippen molar-refractivity contribution in [2.24, 2.45) is 7.05 Å². The Labute approximate surface area is 202 Å². The summed E-state index contributed by atoms with van der Waals surface area (Å²) < 4.78 is 3.26. The number of hydrogen-bond donors (Lipinski definition) is 2. The number of thioether (sulfide) groups is 2.